The average Bonchev–Trinajstić information content (AvgIpc) is 2.76. The SMILES string of the molecule is Cc1ccccc1N1CCCN(C(=O)C2CN(C)C(=O)N2)CC1. The summed E-state index contributed by atoms with van der Waals surface area (Å²) in [6, 6.07) is 7.79. The Labute approximate surface area is 137 Å². The third-order valence-corrected chi connectivity index (χ3v) is 4.66. The maximum absolute atomic E-state index is 12.6. The van der Waals surface area contributed by atoms with Gasteiger partial charge in [0.1, 0.15) is 6.04 Å². The predicted octanol–water partition coefficient (Wildman–Crippen LogP) is 1.06. The van der Waals surface area contributed by atoms with Gasteiger partial charge in [-0.3, -0.25) is 4.79 Å². The number of benzene rings is 1. The van der Waals surface area contributed by atoms with E-state index < -0.39 is 6.04 Å². The highest BCUT2D eigenvalue weighted by molar-refractivity contribution is 5.90. The lowest BCUT2D eigenvalue weighted by Gasteiger charge is -2.26. The highest BCUT2D eigenvalue weighted by Crippen LogP contribution is 2.21. The molecule has 3 rings (SSSR count). The van der Waals surface area contributed by atoms with Gasteiger partial charge in [-0.1, -0.05) is 18.2 Å². The summed E-state index contributed by atoms with van der Waals surface area (Å²) in [4.78, 5) is 30.0. The largest absolute Gasteiger partial charge is 0.369 e. The molecule has 124 valence electrons. The lowest BCUT2D eigenvalue weighted by molar-refractivity contribution is -0.132. The molecule has 0 aliphatic carbocycles. The van der Waals surface area contributed by atoms with Crippen molar-refractivity contribution in [3.8, 4) is 0 Å². The number of rotatable bonds is 2. The van der Waals surface area contributed by atoms with Crippen LogP contribution in [-0.2, 0) is 4.79 Å². The molecule has 1 unspecified atom stereocenters. The van der Waals surface area contributed by atoms with Gasteiger partial charge in [0.15, 0.2) is 0 Å². The summed E-state index contributed by atoms with van der Waals surface area (Å²) in [5.41, 5.74) is 2.51. The zero-order valence-corrected chi connectivity index (χ0v) is 13.8. The molecule has 0 saturated carbocycles. The van der Waals surface area contributed by atoms with Crippen molar-refractivity contribution in [2.75, 3.05) is 44.7 Å². The number of aryl methyl sites for hydroxylation is 1. The Bertz CT molecular complexity index is 604. The molecule has 1 N–H and O–H groups in total. The van der Waals surface area contributed by atoms with E-state index in [1.807, 2.05) is 11.0 Å². The van der Waals surface area contributed by atoms with Crippen LogP contribution in [0.4, 0.5) is 10.5 Å². The fourth-order valence-electron chi connectivity index (χ4n) is 3.32. The average molecular weight is 316 g/mol. The van der Waals surface area contributed by atoms with E-state index in [1.165, 1.54) is 11.3 Å². The third-order valence-electron chi connectivity index (χ3n) is 4.66. The molecule has 0 spiro atoms. The Hall–Kier alpha value is -2.24. The van der Waals surface area contributed by atoms with Crippen LogP contribution < -0.4 is 10.2 Å². The van der Waals surface area contributed by atoms with E-state index in [4.69, 9.17) is 0 Å². The standard InChI is InChI=1S/C17H24N4O2/c1-13-6-3-4-7-15(13)20-8-5-9-21(11-10-20)16(22)14-12-19(2)17(23)18-14/h3-4,6-7,14H,5,8-12H2,1-2H3,(H,18,23). The molecule has 2 fully saturated rings. The maximum atomic E-state index is 12.6. The van der Waals surface area contributed by atoms with Crippen LogP contribution in [0.3, 0.4) is 0 Å². The number of carbonyl (C=O) groups excluding carboxylic acids is 2. The molecular weight excluding hydrogens is 292 g/mol. The molecule has 0 bridgehead atoms. The molecule has 1 aromatic carbocycles. The summed E-state index contributed by atoms with van der Waals surface area (Å²) >= 11 is 0. The van der Waals surface area contributed by atoms with Crippen molar-refractivity contribution in [2.24, 2.45) is 0 Å². The molecule has 2 heterocycles. The summed E-state index contributed by atoms with van der Waals surface area (Å²) in [6.45, 7) is 5.79. The van der Waals surface area contributed by atoms with Gasteiger partial charge in [-0.25, -0.2) is 4.79 Å². The molecule has 0 aromatic heterocycles. The van der Waals surface area contributed by atoms with Gasteiger partial charge in [-0.15, -0.1) is 0 Å². The molecule has 1 aromatic rings. The normalized spacial score (nSPS) is 22.1. The van der Waals surface area contributed by atoms with Gasteiger partial charge in [0.25, 0.3) is 0 Å². The smallest absolute Gasteiger partial charge is 0.317 e. The van der Waals surface area contributed by atoms with Crippen molar-refractivity contribution in [1.29, 1.82) is 0 Å². The number of nitrogens with zero attached hydrogens (tertiary/aromatic N) is 3. The zero-order valence-electron chi connectivity index (χ0n) is 13.8. The van der Waals surface area contributed by atoms with Crippen LogP contribution in [0.5, 0.6) is 0 Å². The lowest BCUT2D eigenvalue weighted by atomic mass is 10.2. The Balaban J connectivity index is 1.64. The van der Waals surface area contributed by atoms with Crippen molar-refractivity contribution < 1.29 is 9.59 Å². The van der Waals surface area contributed by atoms with Crippen LogP contribution in [0, 0.1) is 6.92 Å². The summed E-state index contributed by atoms with van der Waals surface area (Å²) in [5.74, 6) is 0.0364. The number of anilines is 1. The highest BCUT2D eigenvalue weighted by atomic mass is 16.2. The summed E-state index contributed by atoms with van der Waals surface area (Å²) in [7, 11) is 1.71. The minimum absolute atomic E-state index is 0.0364. The molecule has 23 heavy (non-hydrogen) atoms. The lowest BCUT2D eigenvalue weighted by Crippen LogP contribution is -2.46. The monoisotopic (exact) mass is 316 g/mol. The van der Waals surface area contributed by atoms with E-state index >= 15 is 0 Å². The van der Waals surface area contributed by atoms with E-state index in [0.717, 1.165) is 26.1 Å². The Morgan fingerprint density at radius 1 is 1.17 bits per heavy atom. The first-order chi connectivity index (χ1) is 11.1. The van der Waals surface area contributed by atoms with Crippen LogP contribution in [-0.4, -0.2) is 67.6 Å². The molecule has 1 atom stereocenters. The van der Waals surface area contributed by atoms with Gasteiger partial charge in [0.2, 0.25) is 5.91 Å². The molecule has 2 saturated heterocycles. The third kappa shape index (κ3) is 3.25. The first-order valence-corrected chi connectivity index (χ1v) is 8.17. The number of likely N-dealkylation sites (N-methyl/N-ethyl adjacent to an activating group) is 1. The van der Waals surface area contributed by atoms with Gasteiger partial charge in [-0.05, 0) is 25.0 Å². The zero-order chi connectivity index (χ0) is 16.4. The summed E-state index contributed by atoms with van der Waals surface area (Å²) in [5, 5.41) is 2.76. The molecular formula is C17H24N4O2. The minimum atomic E-state index is -0.405. The molecule has 6 nitrogen and oxygen atoms in total. The first-order valence-electron chi connectivity index (χ1n) is 8.17. The molecule has 0 radical (unpaired) electrons. The van der Waals surface area contributed by atoms with E-state index in [2.05, 4.69) is 35.3 Å². The van der Waals surface area contributed by atoms with Gasteiger partial charge < -0.3 is 20.0 Å². The van der Waals surface area contributed by atoms with Crippen molar-refractivity contribution in [2.45, 2.75) is 19.4 Å². The molecule has 3 amide bonds. The second-order valence-electron chi connectivity index (χ2n) is 6.33. The van der Waals surface area contributed by atoms with Gasteiger partial charge in [0.05, 0.1) is 6.54 Å². The number of nitrogens with one attached hydrogen (secondary N) is 1. The van der Waals surface area contributed by atoms with Crippen molar-refractivity contribution in [3.63, 3.8) is 0 Å². The molecule has 6 heteroatoms. The van der Waals surface area contributed by atoms with Crippen LogP contribution in [0.2, 0.25) is 0 Å². The number of amides is 3. The van der Waals surface area contributed by atoms with Crippen molar-refractivity contribution in [1.82, 2.24) is 15.1 Å². The van der Waals surface area contributed by atoms with Crippen molar-refractivity contribution >= 4 is 17.6 Å². The number of carbonyl (C=O) groups is 2. The second kappa shape index (κ2) is 6.48. The van der Waals surface area contributed by atoms with Gasteiger partial charge in [0, 0.05) is 38.9 Å². The van der Waals surface area contributed by atoms with E-state index in [-0.39, 0.29) is 11.9 Å². The number of urea groups is 1. The maximum Gasteiger partial charge on any atom is 0.317 e. The second-order valence-corrected chi connectivity index (χ2v) is 6.33. The Morgan fingerprint density at radius 2 is 1.96 bits per heavy atom. The number of hydrogen-bond donors (Lipinski definition) is 1. The fraction of sp³-hybridized carbons (Fsp3) is 0.529. The first kappa shape index (κ1) is 15.6. The Kier molecular flexibility index (Phi) is 4.41. The summed E-state index contributed by atoms with van der Waals surface area (Å²) in [6.07, 6.45) is 0.941. The van der Waals surface area contributed by atoms with Crippen LogP contribution in [0.15, 0.2) is 24.3 Å². The van der Waals surface area contributed by atoms with Gasteiger partial charge in [-0.2, -0.15) is 0 Å². The fourth-order valence-corrected chi connectivity index (χ4v) is 3.32. The quantitative estimate of drug-likeness (QED) is 0.887. The van der Waals surface area contributed by atoms with Crippen LogP contribution in [0.25, 0.3) is 0 Å². The van der Waals surface area contributed by atoms with Crippen LogP contribution >= 0.6 is 0 Å². The topological polar surface area (TPSA) is 55.9 Å². The predicted molar refractivity (Wildman–Crippen MR) is 89.5 cm³/mol. The van der Waals surface area contributed by atoms with Crippen molar-refractivity contribution in [3.05, 3.63) is 29.8 Å². The van der Waals surface area contributed by atoms with E-state index in [9.17, 15) is 9.59 Å². The van der Waals surface area contributed by atoms with Gasteiger partial charge >= 0.3 is 6.03 Å². The molecule has 2 aliphatic heterocycles. The van der Waals surface area contributed by atoms with E-state index in [1.54, 1.807) is 11.9 Å². The molecule has 2 aliphatic rings. The summed E-state index contributed by atoms with van der Waals surface area (Å²) < 4.78 is 0. The van der Waals surface area contributed by atoms with E-state index in [0.29, 0.717) is 13.1 Å². The number of para-hydroxylation sites is 1. The highest BCUT2D eigenvalue weighted by Gasteiger charge is 2.34. The number of hydrogen-bond acceptors (Lipinski definition) is 3. The Morgan fingerprint density at radius 3 is 2.65 bits per heavy atom. The van der Waals surface area contributed by atoms with Crippen LogP contribution in [0.1, 0.15) is 12.0 Å². The minimum Gasteiger partial charge on any atom is -0.369 e.